The van der Waals surface area contributed by atoms with Gasteiger partial charge in [-0.1, -0.05) is 56.2 Å². The average Bonchev–Trinajstić information content (AvgIpc) is 2.81. The van der Waals surface area contributed by atoms with Crippen molar-refractivity contribution in [2.45, 2.75) is 32.6 Å². The zero-order valence-electron chi connectivity index (χ0n) is 11.3. The zero-order valence-corrected chi connectivity index (χ0v) is 11.3. The molecule has 3 rings (SSSR count). The Kier molecular flexibility index (Phi) is 3.20. The lowest BCUT2D eigenvalue weighted by molar-refractivity contribution is -0.112. The van der Waals surface area contributed by atoms with Crippen LogP contribution in [0.3, 0.4) is 0 Å². The molecule has 0 saturated carbocycles. The lowest BCUT2D eigenvalue weighted by Gasteiger charge is -2.13. The molecular weight excluding hydrogens is 232 g/mol. The van der Waals surface area contributed by atoms with Crippen LogP contribution < -0.4 is 0 Å². The third kappa shape index (κ3) is 2.10. The number of unbranched alkanes of at least 4 members (excludes halogenated alkanes) is 2. The number of hydrogen-bond acceptors (Lipinski definition) is 1. The highest BCUT2D eigenvalue weighted by molar-refractivity contribution is 6.25. The minimum atomic E-state index is 0.227. The Hall–Kier alpha value is -1.89. The van der Waals surface area contributed by atoms with Crippen molar-refractivity contribution in [3.63, 3.8) is 0 Å². The number of Topliss-reactive ketones (excluding diaryl/α,β-unsaturated/α-hetero) is 1. The van der Waals surface area contributed by atoms with E-state index in [9.17, 15) is 4.79 Å². The van der Waals surface area contributed by atoms with Gasteiger partial charge in [-0.2, -0.15) is 0 Å². The van der Waals surface area contributed by atoms with Gasteiger partial charge in [0.2, 0.25) is 0 Å². The van der Waals surface area contributed by atoms with E-state index in [2.05, 4.69) is 25.1 Å². The molecule has 2 aliphatic rings. The summed E-state index contributed by atoms with van der Waals surface area (Å²) in [6, 6.07) is 8.22. The third-order valence-corrected chi connectivity index (χ3v) is 3.88. The van der Waals surface area contributed by atoms with Crippen LogP contribution in [0.15, 0.2) is 47.6 Å². The number of ketones is 1. The summed E-state index contributed by atoms with van der Waals surface area (Å²) in [6.07, 6.45) is 10.6. The lowest BCUT2D eigenvalue weighted by Crippen LogP contribution is -2.09. The van der Waals surface area contributed by atoms with Crippen LogP contribution in [-0.4, -0.2) is 5.78 Å². The van der Waals surface area contributed by atoms with Crippen molar-refractivity contribution in [2.24, 2.45) is 0 Å². The quantitative estimate of drug-likeness (QED) is 0.716. The van der Waals surface area contributed by atoms with E-state index < -0.39 is 0 Å². The van der Waals surface area contributed by atoms with E-state index in [4.69, 9.17) is 0 Å². The van der Waals surface area contributed by atoms with Crippen LogP contribution in [0.5, 0.6) is 0 Å². The molecule has 19 heavy (non-hydrogen) atoms. The largest absolute Gasteiger partial charge is 0.289 e. The minimum absolute atomic E-state index is 0.227. The molecule has 1 aromatic rings. The maximum atomic E-state index is 12.5. The fourth-order valence-corrected chi connectivity index (χ4v) is 2.81. The molecule has 0 spiro atoms. The minimum Gasteiger partial charge on any atom is -0.289 e. The van der Waals surface area contributed by atoms with Crippen LogP contribution in [0.2, 0.25) is 0 Å². The molecule has 0 aromatic heterocycles. The second-order valence-corrected chi connectivity index (χ2v) is 5.20. The van der Waals surface area contributed by atoms with Gasteiger partial charge in [-0.3, -0.25) is 4.79 Å². The number of benzene rings is 1. The van der Waals surface area contributed by atoms with Crippen molar-refractivity contribution in [2.75, 3.05) is 0 Å². The molecule has 0 atom stereocenters. The predicted octanol–water partition coefficient (Wildman–Crippen LogP) is 4.56. The Labute approximate surface area is 114 Å². The lowest BCUT2D eigenvalue weighted by atomic mass is 9.89. The molecule has 0 aliphatic heterocycles. The Balaban J connectivity index is 1.89. The molecule has 2 aliphatic carbocycles. The first kappa shape index (κ1) is 12.2. The molecule has 0 unspecified atom stereocenters. The van der Waals surface area contributed by atoms with Gasteiger partial charge in [-0.05, 0) is 35.6 Å². The molecule has 0 bridgehead atoms. The summed E-state index contributed by atoms with van der Waals surface area (Å²) in [5.41, 5.74) is 5.31. The molecule has 0 amide bonds. The van der Waals surface area contributed by atoms with Crippen molar-refractivity contribution >= 4 is 17.4 Å². The highest BCUT2D eigenvalue weighted by atomic mass is 16.1. The first-order chi connectivity index (χ1) is 9.31. The van der Waals surface area contributed by atoms with Crippen LogP contribution in [0.1, 0.15) is 43.7 Å². The van der Waals surface area contributed by atoms with Gasteiger partial charge in [0.25, 0.3) is 0 Å². The summed E-state index contributed by atoms with van der Waals surface area (Å²) < 4.78 is 0. The van der Waals surface area contributed by atoms with E-state index in [1.54, 1.807) is 0 Å². The summed E-state index contributed by atoms with van der Waals surface area (Å²) in [6.45, 7) is 2.19. The van der Waals surface area contributed by atoms with Crippen LogP contribution in [0.4, 0.5) is 0 Å². The second kappa shape index (κ2) is 5.00. The fraction of sp³-hybridized carbons (Fsp3) is 0.278. The van der Waals surface area contributed by atoms with Gasteiger partial charge in [0, 0.05) is 11.1 Å². The molecule has 1 aromatic carbocycles. The number of carbonyl (C=O) groups is 1. The summed E-state index contributed by atoms with van der Waals surface area (Å²) in [5.74, 6) is 0.227. The van der Waals surface area contributed by atoms with Gasteiger partial charge in [-0.25, -0.2) is 0 Å². The molecule has 0 N–H and O–H groups in total. The van der Waals surface area contributed by atoms with Crippen LogP contribution in [0.25, 0.3) is 11.6 Å². The average molecular weight is 250 g/mol. The van der Waals surface area contributed by atoms with Crippen molar-refractivity contribution in [3.8, 4) is 0 Å². The Bertz CT molecular complexity index is 614. The molecular formula is C18H18O. The zero-order chi connectivity index (χ0) is 13.2. The van der Waals surface area contributed by atoms with E-state index in [1.807, 2.05) is 24.3 Å². The van der Waals surface area contributed by atoms with Gasteiger partial charge in [0.1, 0.15) is 0 Å². The van der Waals surface area contributed by atoms with Crippen LogP contribution >= 0.6 is 0 Å². The molecule has 0 heterocycles. The fourth-order valence-electron chi connectivity index (χ4n) is 2.81. The molecule has 0 radical (unpaired) electrons. The molecule has 1 nitrogen and oxygen atoms in total. The highest BCUT2D eigenvalue weighted by Crippen LogP contribution is 2.39. The van der Waals surface area contributed by atoms with E-state index >= 15 is 0 Å². The van der Waals surface area contributed by atoms with Gasteiger partial charge in [-0.15, -0.1) is 0 Å². The molecule has 0 saturated heterocycles. The van der Waals surface area contributed by atoms with E-state index in [0.29, 0.717) is 0 Å². The van der Waals surface area contributed by atoms with Crippen molar-refractivity contribution in [1.82, 2.24) is 0 Å². The smallest absolute Gasteiger partial charge is 0.189 e. The maximum absolute atomic E-state index is 12.5. The standard InChI is InChI=1S/C18H18O/c1-2-3-4-7-13-10-11-16-15-9-6-5-8-14(15)12-17(16)18(13)19/h5-6,8-12H,2-4,7H2,1H3. The second-order valence-electron chi connectivity index (χ2n) is 5.20. The van der Waals surface area contributed by atoms with E-state index in [1.165, 1.54) is 24.0 Å². The first-order valence-electron chi connectivity index (χ1n) is 7.08. The normalized spacial score (nSPS) is 16.5. The summed E-state index contributed by atoms with van der Waals surface area (Å²) >= 11 is 0. The summed E-state index contributed by atoms with van der Waals surface area (Å²) in [7, 11) is 0. The van der Waals surface area contributed by atoms with Crippen LogP contribution in [0, 0.1) is 0 Å². The van der Waals surface area contributed by atoms with Crippen molar-refractivity contribution in [1.29, 1.82) is 0 Å². The number of rotatable bonds is 4. The van der Waals surface area contributed by atoms with E-state index in [-0.39, 0.29) is 5.78 Å². The number of hydrogen-bond donors (Lipinski definition) is 0. The van der Waals surface area contributed by atoms with Crippen molar-refractivity contribution < 1.29 is 4.79 Å². The molecule has 0 fully saturated rings. The van der Waals surface area contributed by atoms with Gasteiger partial charge in [0.15, 0.2) is 5.78 Å². The monoisotopic (exact) mass is 250 g/mol. The number of allylic oxidation sites excluding steroid dienone is 5. The number of fused-ring (bicyclic) bond motifs is 3. The van der Waals surface area contributed by atoms with Crippen molar-refractivity contribution in [3.05, 3.63) is 58.7 Å². The predicted molar refractivity (Wildman–Crippen MR) is 79.6 cm³/mol. The van der Waals surface area contributed by atoms with Gasteiger partial charge >= 0.3 is 0 Å². The Morgan fingerprint density at radius 3 is 2.68 bits per heavy atom. The topological polar surface area (TPSA) is 17.1 Å². The highest BCUT2D eigenvalue weighted by Gasteiger charge is 2.27. The molecule has 96 valence electrons. The van der Waals surface area contributed by atoms with E-state index in [0.717, 1.165) is 29.6 Å². The maximum Gasteiger partial charge on any atom is 0.189 e. The SMILES string of the molecule is CCCCCC1=CC=C2C(=Cc3ccccc32)C1=O. The van der Waals surface area contributed by atoms with Gasteiger partial charge in [0.05, 0.1) is 0 Å². The van der Waals surface area contributed by atoms with Crippen LogP contribution in [-0.2, 0) is 4.79 Å². The third-order valence-electron chi connectivity index (χ3n) is 3.88. The van der Waals surface area contributed by atoms with Gasteiger partial charge < -0.3 is 0 Å². The molecule has 1 heteroatoms. The Morgan fingerprint density at radius 1 is 1.00 bits per heavy atom. The number of carbonyl (C=O) groups excluding carboxylic acids is 1. The first-order valence-corrected chi connectivity index (χ1v) is 7.08. The summed E-state index contributed by atoms with van der Waals surface area (Å²) in [5, 5.41) is 0. The summed E-state index contributed by atoms with van der Waals surface area (Å²) in [4.78, 5) is 12.5. The Morgan fingerprint density at radius 2 is 1.84 bits per heavy atom.